The van der Waals surface area contributed by atoms with Gasteiger partial charge in [0.1, 0.15) is 11.5 Å². The number of hydrogen-bond donors (Lipinski definition) is 0. The van der Waals surface area contributed by atoms with Gasteiger partial charge in [-0.2, -0.15) is 0 Å². The molecule has 2 saturated carbocycles. The van der Waals surface area contributed by atoms with Crippen LogP contribution in [0.3, 0.4) is 0 Å². The van der Waals surface area contributed by atoms with Crippen LogP contribution < -0.4 is 9.47 Å². The molecule has 0 atom stereocenters. The molecule has 0 spiro atoms. The standard InChI is InChI=1S/C46H56O7/c1-30(2)7-8-33-9-11-34(12-10-33)35-15-19-39(20-16-35)43-28-41(53-45(48)31(3)27-44(47)51-6)25-26-42(43)38-17-13-36(14-18-38)37-21-23-40(24-22-37)52-46(49)32(4)29-50-5/h13-14,17-18,21-26,28,30,33-35,39H,3-4,7-12,15-16,19-20,27,29H2,1-2,5-6H3. The highest BCUT2D eigenvalue weighted by atomic mass is 16.5. The van der Waals surface area contributed by atoms with E-state index >= 15 is 0 Å². The lowest BCUT2D eigenvalue weighted by Crippen LogP contribution is -2.25. The number of rotatable bonds is 15. The molecule has 2 fully saturated rings. The Morgan fingerprint density at radius 3 is 1.79 bits per heavy atom. The van der Waals surface area contributed by atoms with Crippen LogP contribution in [0.4, 0.5) is 0 Å². The summed E-state index contributed by atoms with van der Waals surface area (Å²) in [4.78, 5) is 36.8. The van der Waals surface area contributed by atoms with Gasteiger partial charge in [0.15, 0.2) is 0 Å². The lowest BCUT2D eigenvalue weighted by atomic mass is 9.67. The van der Waals surface area contributed by atoms with Crippen molar-refractivity contribution < 1.29 is 33.3 Å². The highest BCUT2D eigenvalue weighted by Crippen LogP contribution is 2.47. The number of hydrogen-bond acceptors (Lipinski definition) is 7. The van der Waals surface area contributed by atoms with Gasteiger partial charge in [0.05, 0.1) is 25.7 Å². The Hall–Kier alpha value is -4.49. The number of ether oxygens (including phenoxy) is 4. The molecular formula is C46H56O7. The second kappa shape index (κ2) is 19.0. The summed E-state index contributed by atoms with van der Waals surface area (Å²) in [7, 11) is 2.79. The topological polar surface area (TPSA) is 88.1 Å². The van der Waals surface area contributed by atoms with Crippen LogP contribution in [0, 0.1) is 23.7 Å². The molecule has 0 N–H and O–H groups in total. The Morgan fingerprint density at radius 2 is 1.21 bits per heavy atom. The molecule has 7 nitrogen and oxygen atoms in total. The van der Waals surface area contributed by atoms with Gasteiger partial charge in [-0.1, -0.05) is 95.2 Å². The highest BCUT2D eigenvalue weighted by Gasteiger charge is 2.32. The zero-order chi connectivity index (χ0) is 37.9. The molecule has 5 rings (SSSR count). The zero-order valence-electron chi connectivity index (χ0n) is 32.0. The molecule has 2 aliphatic carbocycles. The van der Waals surface area contributed by atoms with E-state index in [-0.39, 0.29) is 24.2 Å². The summed E-state index contributed by atoms with van der Waals surface area (Å²) in [6, 6.07) is 21.7. The van der Waals surface area contributed by atoms with Crippen molar-refractivity contribution in [3.63, 3.8) is 0 Å². The summed E-state index contributed by atoms with van der Waals surface area (Å²) in [5.41, 5.74) is 5.72. The average Bonchev–Trinajstić information content (AvgIpc) is 3.17. The Labute approximate surface area is 315 Å². The third kappa shape index (κ3) is 11.0. The van der Waals surface area contributed by atoms with Gasteiger partial charge < -0.3 is 18.9 Å². The summed E-state index contributed by atoms with van der Waals surface area (Å²) < 4.78 is 20.8. The van der Waals surface area contributed by atoms with Gasteiger partial charge in [0, 0.05) is 12.7 Å². The minimum Gasteiger partial charge on any atom is -0.469 e. The van der Waals surface area contributed by atoms with Crippen LogP contribution >= 0.6 is 0 Å². The van der Waals surface area contributed by atoms with Crippen molar-refractivity contribution in [2.45, 2.75) is 90.4 Å². The third-order valence-corrected chi connectivity index (χ3v) is 11.2. The van der Waals surface area contributed by atoms with Crippen molar-refractivity contribution in [1.29, 1.82) is 0 Å². The molecule has 0 unspecified atom stereocenters. The van der Waals surface area contributed by atoms with Gasteiger partial charge in [-0.25, -0.2) is 9.59 Å². The normalized spacial score (nSPS) is 20.0. The molecule has 0 amide bonds. The lowest BCUT2D eigenvalue weighted by Gasteiger charge is -2.38. The minimum atomic E-state index is -0.633. The summed E-state index contributed by atoms with van der Waals surface area (Å²) in [5, 5.41) is 0. The van der Waals surface area contributed by atoms with Crippen LogP contribution in [0.2, 0.25) is 0 Å². The highest BCUT2D eigenvalue weighted by molar-refractivity contribution is 5.94. The fraction of sp³-hybridized carbons (Fsp3) is 0.457. The third-order valence-electron chi connectivity index (χ3n) is 11.2. The second-order valence-corrected chi connectivity index (χ2v) is 15.4. The van der Waals surface area contributed by atoms with Crippen molar-refractivity contribution in [3.05, 3.63) is 96.6 Å². The molecule has 0 aliphatic heterocycles. The Balaban J connectivity index is 1.30. The fourth-order valence-electron chi connectivity index (χ4n) is 8.09. The number of benzene rings is 3. The summed E-state index contributed by atoms with van der Waals surface area (Å²) >= 11 is 0. The number of esters is 3. The number of methoxy groups -OCH3 is 2. The van der Waals surface area contributed by atoms with Gasteiger partial charge in [0.2, 0.25) is 0 Å². The maximum absolute atomic E-state index is 12.9. The predicted octanol–water partition coefficient (Wildman–Crippen LogP) is 10.7. The summed E-state index contributed by atoms with van der Waals surface area (Å²) in [5.74, 6) is 2.87. The van der Waals surface area contributed by atoms with Crippen LogP contribution in [0.15, 0.2) is 91.0 Å². The smallest absolute Gasteiger partial charge is 0.341 e. The number of carbonyl (C=O) groups is 3. The molecule has 7 heteroatoms. The van der Waals surface area contributed by atoms with E-state index in [1.54, 1.807) is 12.1 Å². The van der Waals surface area contributed by atoms with E-state index in [1.165, 1.54) is 71.1 Å². The zero-order valence-corrected chi connectivity index (χ0v) is 32.0. The van der Waals surface area contributed by atoms with E-state index in [9.17, 15) is 14.4 Å². The van der Waals surface area contributed by atoms with E-state index in [1.807, 2.05) is 30.3 Å². The number of carbonyl (C=O) groups excluding carboxylic acids is 3. The lowest BCUT2D eigenvalue weighted by molar-refractivity contribution is -0.141. The van der Waals surface area contributed by atoms with E-state index in [2.05, 4.69) is 51.3 Å². The Bertz CT molecular complexity index is 1720. The largest absolute Gasteiger partial charge is 0.469 e. The Morgan fingerprint density at radius 1 is 0.679 bits per heavy atom. The van der Waals surface area contributed by atoms with E-state index in [4.69, 9.17) is 18.9 Å². The minimum absolute atomic E-state index is 0.0558. The molecule has 0 saturated heterocycles. The first-order chi connectivity index (χ1) is 25.5. The molecule has 282 valence electrons. The van der Waals surface area contributed by atoms with E-state index < -0.39 is 17.9 Å². The molecule has 0 bridgehead atoms. The van der Waals surface area contributed by atoms with Crippen molar-refractivity contribution >= 4 is 17.9 Å². The predicted molar refractivity (Wildman–Crippen MR) is 210 cm³/mol. The first-order valence-corrected chi connectivity index (χ1v) is 19.2. The quantitative estimate of drug-likeness (QED) is 0.0877. The second-order valence-electron chi connectivity index (χ2n) is 15.4. The molecule has 0 heterocycles. The van der Waals surface area contributed by atoms with Crippen LogP contribution in [0.25, 0.3) is 22.3 Å². The van der Waals surface area contributed by atoms with Crippen LogP contribution in [-0.2, 0) is 23.9 Å². The molecule has 53 heavy (non-hydrogen) atoms. The van der Waals surface area contributed by atoms with Crippen LogP contribution in [-0.4, -0.2) is 38.7 Å². The maximum Gasteiger partial charge on any atom is 0.341 e. The van der Waals surface area contributed by atoms with E-state index in [0.29, 0.717) is 17.4 Å². The van der Waals surface area contributed by atoms with Gasteiger partial charge in [-0.05, 0) is 120 Å². The first kappa shape index (κ1) is 39.7. The average molecular weight is 721 g/mol. The van der Waals surface area contributed by atoms with Gasteiger partial charge >= 0.3 is 17.9 Å². The van der Waals surface area contributed by atoms with Crippen molar-refractivity contribution in [2.24, 2.45) is 23.7 Å². The van der Waals surface area contributed by atoms with E-state index in [0.717, 1.165) is 58.8 Å². The monoisotopic (exact) mass is 720 g/mol. The van der Waals surface area contributed by atoms with Gasteiger partial charge in [-0.15, -0.1) is 0 Å². The molecular weight excluding hydrogens is 664 g/mol. The first-order valence-electron chi connectivity index (χ1n) is 19.2. The molecule has 3 aromatic rings. The van der Waals surface area contributed by atoms with Gasteiger partial charge in [0.25, 0.3) is 0 Å². The molecule has 3 aromatic carbocycles. The fourth-order valence-corrected chi connectivity index (χ4v) is 8.09. The van der Waals surface area contributed by atoms with Crippen molar-refractivity contribution in [3.8, 4) is 33.8 Å². The molecule has 2 aliphatic rings. The van der Waals surface area contributed by atoms with Crippen LogP contribution in [0.1, 0.15) is 96.0 Å². The Kier molecular flexibility index (Phi) is 14.3. The van der Waals surface area contributed by atoms with Crippen molar-refractivity contribution in [2.75, 3.05) is 20.8 Å². The summed E-state index contributed by atoms with van der Waals surface area (Å²) in [6.07, 6.45) is 12.7. The SMILES string of the molecule is C=C(COC)C(=O)Oc1ccc(-c2ccc(-c3ccc(OC(=O)C(=C)CC(=O)OC)cc3C3CCC(C4CCC(CCC(C)C)CC4)CC3)cc2)cc1. The van der Waals surface area contributed by atoms with Crippen molar-refractivity contribution in [1.82, 2.24) is 0 Å². The molecule has 0 radical (unpaired) electrons. The van der Waals surface area contributed by atoms with Crippen LogP contribution in [0.5, 0.6) is 11.5 Å². The maximum atomic E-state index is 12.9. The van der Waals surface area contributed by atoms with Gasteiger partial charge in [-0.3, -0.25) is 4.79 Å². The molecule has 0 aromatic heterocycles. The summed E-state index contributed by atoms with van der Waals surface area (Å²) in [6.45, 7) is 12.2.